The number of nitrogens with zero attached hydrogens (tertiary/aromatic N) is 1. The van der Waals surface area contributed by atoms with E-state index in [0.29, 0.717) is 0 Å². The summed E-state index contributed by atoms with van der Waals surface area (Å²) in [4.78, 5) is 0. The van der Waals surface area contributed by atoms with E-state index in [4.69, 9.17) is 0 Å². The molecule has 0 fully saturated rings. The number of fused-ring (bicyclic) bond motifs is 5. The van der Waals surface area contributed by atoms with Gasteiger partial charge in [0.05, 0.1) is 5.52 Å². The first kappa shape index (κ1) is 15.6. The molecule has 0 amide bonds. The Bertz CT molecular complexity index is 1140. The van der Waals surface area contributed by atoms with Crippen molar-refractivity contribution < 1.29 is 4.39 Å². The van der Waals surface area contributed by atoms with Crippen LogP contribution in [0.1, 0.15) is 5.56 Å². The van der Waals surface area contributed by atoms with Gasteiger partial charge in [0.15, 0.2) is 0 Å². The van der Waals surface area contributed by atoms with E-state index < -0.39 is 8.07 Å². The highest BCUT2D eigenvalue weighted by Crippen LogP contribution is 2.37. The first-order chi connectivity index (χ1) is 12.6. The topological polar surface area (TPSA) is 4.93 Å². The molecule has 26 heavy (non-hydrogen) atoms. The summed E-state index contributed by atoms with van der Waals surface area (Å²) in [7, 11) is -1.80. The second kappa shape index (κ2) is 5.42. The molecule has 5 rings (SSSR count). The van der Waals surface area contributed by atoms with Crippen molar-refractivity contribution in [2.45, 2.75) is 19.1 Å². The SMILES string of the molecule is C[Si]1(C)Cc2cc(F)ccc2-n2c1c(-c1ccccc1)c1ccccc12. The normalized spacial score (nSPS) is 14.9. The lowest BCUT2D eigenvalue weighted by Crippen LogP contribution is -2.51. The Morgan fingerprint density at radius 1 is 0.885 bits per heavy atom. The zero-order valence-corrected chi connectivity index (χ0v) is 16.0. The molecule has 0 radical (unpaired) electrons. The van der Waals surface area contributed by atoms with E-state index in [0.717, 1.165) is 17.3 Å². The maximum atomic E-state index is 13.9. The lowest BCUT2D eigenvalue weighted by atomic mass is 10.1. The van der Waals surface area contributed by atoms with Gasteiger partial charge in [-0.15, -0.1) is 0 Å². The van der Waals surface area contributed by atoms with Gasteiger partial charge in [0, 0.05) is 22.0 Å². The first-order valence-corrected chi connectivity index (χ1v) is 12.3. The second-order valence-corrected chi connectivity index (χ2v) is 12.4. The molecule has 0 atom stereocenters. The molecule has 1 aromatic heterocycles. The molecule has 0 N–H and O–H groups in total. The number of benzene rings is 3. The van der Waals surface area contributed by atoms with Gasteiger partial charge < -0.3 is 4.57 Å². The highest BCUT2D eigenvalue weighted by atomic mass is 28.3. The molecule has 0 spiro atoms. The fourth-order valence-corrected chi connectivity index (χ4v) is 7.71. The maximum absolute atomic E-state index is 13.9. The molecule has 128 valence electrons. The van der Waals surface area contributed by atoms with Gasteiger partial charge in [-0.05, 0) is 41.4 Å². The van der Waals surface area contributed by atoms with Crippen molar-refractivity contribution >= 4 is 24.3 Å². The number of rotatable bonds is 1. The Labute approximate surface area is 153 Å². The molecule has 0 saturated carbocycles. The maximum Gasteiger partial charge on any atom is 0.123 e. The zero-order valence-electron chi connectivity index (χ0n) is 15.0. The molecule has 3 heteroatoms. The minimum absolute atomic E-state index is 0.142. The Morgan fingerprint density at radius 3 is 2.42 bits per heavy atom. The van der Waals surface area contributed by atoms with E-state index in [1.807, 2.05) is 6.07 Å². The molecule has 1 aliphatic rings. The van der Waals surface area contributed by atoms with Gasteiger partial charge in [0.25, 0.3) is 0 Å². The van der Waals surface area contributed by atoms with Crippen LogP contribution in [0.15, 0.2) is 72.8 Å². The average Bonchev–Trinajstić information content (AvgIpc) is 2.98. The predicted octanol–water partition coefficient (Wildman–Crippen LogP) is 5.45. The van der Waals surface area contributed by atoms with E-state index in [1.165, 1.54) is 27.3 Å². The largest absolute Gasteiger partial charge is 0.317 e. The van der Waals surface area contributed by atoms with Crippen LogP contribution in [-0.2, 0) is 6.04 Å². The van der Waals surface area contributed by atoms with Gasteiger partial charge >= 0.3 is 0 Å². The van der Waals surface area contributed by atoms with Crippen molar-refractivity contribution in [1.82, 2.24) is 4.57 Å². The van der Waals surface area contributed by atoms with E-state index >= 15 is 0 Å². The van der Waals surface area contributed by atoms with Crippen LogP contribution in [0.3, 0.4) is 0 Å². The van der Waals surface area contributed by atoms with Crippen molar-refractivity contribution in [2.24, 2.45) is 0 Å². The highest BCUT2D eigenvalue weighted by molar-refractivity contribution is 6.90. The minimum atomic E-state index is -1.80. The molecule has 0 bridgehead atoms. The third-order valence-electron chi connectivity index (χ3n) is 5.49. The average molecular weight is 358 g/mol. The predicted molar refractivity (Wildman–Crippen MR) is 109 cm³/mol. The minimum Gasteiger partial charge on any atom is -0.317 e. The number of hydrogen-bond acceptors (Lipinski definition) is 0. The van der Waals surface area contributed by atoms with Gasteiger partial charge in [0.1, 0.15) is 13.9 Å². The van der Waals surface area contributed by atoms with Crippen molar-refractivity contribution in [3.8, 4) is 16.8 Å². The third-order valence-corrected chi connectivity index (χ3v) is 8.51. The van der Waals surface area contributed by atoms with Crippen molar-refractivity contribution in [1.29, 1.82) is 0 Å². The summed E-state index contributed by atoms with van der Waals surface area (Å²) < 4.78 is 16.3. The number of aromatic nitrogens is 1. The Balaban J connectivity index is 1.97. The summed E-state index contributed by atoms with van der Waals surface area (Å²) in [6, 6.07) is 25.5. The summed E-state index contributed by atoms with van der Waals surface area (Å²) in [5, 5.41) is 2.73. The van der Waals surface area contributed by atoms with Crippen molar-refractivity contribution in [3.05, 3.63) is 84.2 Å². The molecule has 4 aromatic rings. The third kappa shape index (κ3) is 2.13. The fraction of sp³-hybridized carbons (Fsp3) is 0.130. The number of hydrogen-bond donors (Lipinski definition) is 0. The summed E-state index contributed by atoms with van der Waals surface area (Å²) in [6.07, 6.45) is 0. The smallest absolute Gasteiger partial charge is 0.123 e. The van der Waals surface area contributed by atoms with Crippen LogP contribution in [0.5, 0.6) is 0 Å². The summed E-state index contributed by atoms with van der Waals surface area (Å²) >= 11 is 0. The summed E-state index contributed by atoms with van der Waals surface area (Å²) in [6.45, 7) is 4.80. The second-order valence-electron chi connectivity index (χ2n) is 7.78. The molecular formula is C23H20FNSi. The van der Waals surface area contributed by atoms with Crippen LogP contribution in [-0.4, -0.2) is 12.6 Å². The zero-order chi connectivity index (χ0) is 17.9. The van der Waals surface area contributed by atoms with Gasteiger partial charge in [-0.3, -0.25) is 0 Å². The standard InChI is InChI=1S/C23H20FNSi/c1-26(2)15-17-14-18(24)12-13-20(17)25-21-11-7-6-10-19(21)22(23(25)26)16-8-4-3-5-9-16/h3-14H,15H2,1-2H3. The fourth-order valence-electron chi connectivity index (χ4n) is 4.50. The van der Waals surface area contributed by atoms with E-state index in [9.17, 15) is 4.39 Å². The lowest BCUT2D eigenvalue weighted by molar-refractivity contribution is 0.625. The van der Waals surface area contributed by atoms with Gasteiger partial charge in [0.2, 0.25) is 0 Å². The van der Waals surface area contributed by atoms with Crippen molar-refractivity contribution in [2.75, 3.05) is 0 Å². The molecule has 1 nitrogen and oxygen atoms in total. The van der Waals surface area contributed by atoms with Crippen LogP contribution >= 0.6 is 0 Å². The number of para-hydroxylation sites is 1. The Kier molecular flexibility index (Phi) is 3.25. The molecule has 1 aliphatic heterocycles. The molecule has 3 aromatic carbocycles. The van der Waals surface area contributed by atoms with Gasteiger partial charge in [-0.25, -0.2) is 4.39 Å². The highest BCUT2D eigenvalue weighted by Gasteiger charge is 2.38. The Hall–Kier alpha value is -2.65. The Morgan fingerprint density at radius 2 is 1.62 bits per heavy atom. The quantitative estimate of drug-likeness (QED) is 0.399. The molecule has 2 heterocycles. The van der Waals surface area contributed by atoms with Crippen LogP contribution in [0.4, 0.5) is 4.39 Å². The summed E-state index contributed by atoms with van der Waals surface area (Å²) in [5.74, 6) is -0.142. The monoisotopic (exact) mass is 357 g/mol. The van der Waals surface area contributed by atoms with E-state index in [-0.39, 0.29) is 5.82 Å². The van der Waals surface area contributed by atoms with E-state index in [2.05, 4.69) is 72.3 Å². The van der Waals surface area contributed by atoms with Gasteiger partial charge in [-0.2, -0.15) is 0 Å². The van der Waals surface area contributed by atoms with E-state index in [1.54, 1.807) is 12.1 Å². The van der Waals surface area contributed by atoms with Crippen LogP contribution in [0.25, 0.3) is 27.7 Å². The van der Waals surface area contributed by atoms with Gasteiger partial charge in [-0.1, -0.05) is 61.6 Å². The van der Waals surface area contributed by atoms with Crippen LogP contribution in [0, 0.1) is 5.82 Å². The molecule has 0 aliphatic carbocycles. The summed E-state index contributed by atoms with van der Waals surface area (Å²) in [5.41, 5.74) is 6.10. The van der Waals surface area contributed by atoms with Crippen molar-refractivity contribution in [3.63, 3.8) is 0 Å². The number of halogens is 1. The molecule has 0 unspecified atom stereocenters. The first-order valence-electron chi connectivity index (χ1n) is 9.04. The van der Waals surface area contributed by atoms with Crippen LogP contribution in [0.2, 0.25) is 13.1 Å². The molecule has 0 saturated heterocycles. The lowest BCUT2D eigenvalue weighted by Gasteiger charge is -2.33. The molecular weight excluding hydrogens is 337 g/mol. The van der Waals surface area contributed by atoms with Crippen LogP contribution < -0.4 is 5.32 Å².